The van der Waals surface area contributed by atoms with Crippen LogP contribution in [0.15, 0.2) is 40.6 Å². The van der Waals surface area contributed by atoms with Gasteiger partial charge in [-0.05, 0) is 49.2 Å². The monoisotopic (exact) mass is 270 g/mol. The van der Waals surface area contributed by atoms with Crippen LogP contribution >= 0.6 is 0 Å². The van der Waals surface area contributed by atoms with Gasteiger partial charge in [0, 0.05) is 5.69 Å². The summed E-state index contributed by atoms with van der Waals surface area (Å²) >= 11 is 0. The van der Waals surface area contributed by atoms with Crippen LogP contribution in [0.2, 0.25) is 0 Å². The highest BCUT2D eigenvalue weighted by atomic mass is 16.5. The third-order valence-electron chi connectivity index (χ3n) is 3.02. The van der Waals surface area contributed by atoms with E-state index in [2.05, 4.69) is 10.2 Å². The summed E-state index contributed by atoms with van der Waals surface area (Å²) in [5.74, 6) is 0.671. The second-order valence-electron chi connectivity index (χ2n) is 4.64. The van der Waals surface area contributed by atoms with Crippen LogP contribution in [-0.4, -0.2) is 7.11 Å². The van der Waals surface area contributed by atoms with E-state index >= 15 is 0 Å². The van der Waals surface area contributed by atoms with Crippen molar-refractivity contribution in [1.29, 1.82) is 0 Å². The number of aryl methyl sites for hydroxylation is 2. The minimum atomic E-state index is 0.503. The standard InChI is InChI=1S/C15H18N4O/c1-9-4-5-15(20-3)14(6-9)19-18-13-7-10(2)11(16)8-12(13)17/h4-8H,16-17H2,1-3H3. The summed E-state index contributed by atoms with van der Waals surface area (Å²) < 4.78 is 5.26. The predicted molar refractivity (Wildman–Crippen MR) is 81.9 cm³/mol. The van der Waals surface area contributed by atoms with Gasteiger partial charge in [-0.1, -0.05) is 6.07 Å². The molecule has 5 nitrogen and oxygen atoms in total. The van der Waals surface area contributed by atoms with Crippen LogP contribution in [0.25, 0.3) is 0 Å². The van der Waals surface area contributed by atoms with Crippen molar-refractivity contribution in [2.45, 2.75) is 13.8 Å². The van der Waals surface area contributed by atoms with E-state index in [0.717, 1.165) is 11.1 Å². The molecule has 0 unspecified atom stereocenters. The Labute approximate surface area is 118 Å². The molecular formula is C15H18N4O. The second-order valence-corrected chi connectivity index (χ2v) is 4.64. The van der Waals surface area contributed by atoms with E-state index in [1.54, 1.807) is 13.2 Å². The maximum atomic E-state index is 5.89. The topological polar surface area (TPSA) is 86.0 Å². The molecule has 5 heteroatoms. The van der Waals surface area contributed by atoms with Crippen LogP contribution in [0.5, 0.6) is 5.75 Å². The minimum absolute atomic E-state index is 0.503. The highest BCUT2D eigenvalue weighted by Crippen LogP contribution is 2.32. The zero-order chi connectivity index (χ0) is 14.7. The number of anilines is 2. The molecule has 0 aliphatic rings. The van der Waals surface area contributed by atoms with E-state index in [1.807, 2.05) is 38.1 Å². The average Bonchev–Trinajstić information content (AvgIpc) is 2.41. The number of azo groups is 1. The lowest BCUT2D eigenvalue weighted by Gasteiger charge is -2.06. The molecule has 0 heterocycles. The first-order valence-corrected chi connectivity index (χ1v) is 6.23. The Hall–Kier alpha value is -2.56. The van der Waals surface area contributed by atoms with E-state index < -0.39 is 0 Å². The molecular weight excluding hydrogens is 252 g/mol. The van der Waals surface area contributed by atoms with Gasteiger partial charge in [0.1, 0.15) is 17.1 Å². The van der Waals surface area contributed by atoms with Crippen molar-refractivity contribution in [1.82, 2.24) is 0 Å². The minimum Gasteiger partial charge on any atom is -0.494 e. The number of hydrogen-bond donors (Lipinski definition) is 2. The van der Waals surface area contributed by atoms with Gasteiger partial charge in [-0.2, -0.15) is 0 Å². The van der Waals surface area contributed by atoms with Gasteiger partial charge in [-0.25, -0.2) is 0 Å². The SMILES string of the molecule is COc1ccc(C)cc1N=Nc1cc(C)c(N)cc1N. The van der Waals surface area contributed by atoms with Crippen molar-refractivity contribution in [3.63, 3.8) is 0 Å². The van der Waals surface area contributed by atoms with E-state index in [-0.39, 0.29) is 0 Å². The Morgan fingerprint density at radius 1 is 0.900 bits per heavy atom. The molecule has 0 radical (unpaired) electrons. The summed E-state index contributed by atoms with van der Waals surface area (Å²) in [6.45, 7) is 3.89. The molecule has 104 valence electrons. The molecule has 0 aliphatic heterocycles. The molecule has 20 heavy (non-hydrogen) atoms. The van der Waals surface area contributed by atoms with Crippen molar-refractivity contribution in [2.24, 2.45) is 10.2 Å². The van der Waals surface area contributed by atoms with Crippen LogP contribution < -0.4 is 16.2 Å². The Bertz CT molecular complexity index is 665. The molecule has 0 spiro atoms. The highest BCUT2D eigenvalue weighted by Gasteiger charge is 2.04. The van der Waals surface area contributed by atoms with Gasteiger partial charge in [-0.15, -0.1) is 10.2 Å². The van der Waals surface area contributed by atoms with Crippen molar-refractivity contribution in [3.8, 4) is 5.75 Å². The molecule has 2 aromatic carbocycles. The van der Waals surface area contributed by atoms with Crippen LogP contribution in [-0.2, 0) is 0 Å². The van der Waals surface area contributed by atoms with E-state index in [9.17, 15) is 0 Å². The molecule has 0 saturated carbocycles. The first-order valence-electron chi connectivity index (χ1n) is 6.23. The number of methoxy groups -OCH3 is 1. The van der Waals surface area contributed by atoms with Gasteiger partial charge in [-0.3, -0.25) is 0 Å². The van der Waals surface area contributed by atoms with Gasteiger partial charge in [0.15, 0.2) is 0 Å². The Kier molecular flexibility index (Phi) is 3.89. The van der Waals surface area contributed by atoms with Gasteiger partial charge in [0.05, 0.1) is 12.8 Å². The van der Waals surface area contributed by atoms with Gasteiger partial charge in [0.2, 0.25) is 0 Å². The third kappa shape index (κ3) is 2.88. The third-order valence-corrected chi connectivity index (χ3v) is 3.02. The summed E-state index contributed by atoms with van der Waals surface area (Å²) in [7, 11) is 1.60. The number of rotatable bonds is 3. The van der Waals surface area contributed by atoms with Gasteiger partial charge >= 0.3 is 0 Å². The van der Waals surface area contributed by atoms with Crippen LogP contribution in [0.4, 0.5) is 22.7 Å². The van der Waals surface area contributed by atoms with E-state index in [1.165, 1.54) is 0 Å². The second kappa shape index (κ2) is 5.61. The fourth-order valence-electron chi connectivity index (χ4n) is 1.80. The average molecular weight is 270 g/mol. The Morgan fingerprint density at radius 3 is 2.30 bits per heavy atom. The summed E-state index contributed by atoms with van der Waals surface area (Å²) in [5.41, 5.74) is 16.1. The summed E-state index contributed by atoms with van der Waals surface area (Å²) in [6.07, 6.45) is 0. The Morgan fingerprint density at radius 2 is 1.60 bits per heavy atom. The highest BCUT2D eigenvalue weighted by molar-refractivity contribution is 5.70. The van der Waals surface area contributed by atoms with Crippen LogP contribution in [0.1, 0.15) is 11.1 Å². The van der Waals surface area contributed by atoms with Crippen molar-refractivity contribution in [2.75, 3.05) is 18.6 Å². The summed E-state index contributed by atoms with van der Waals surface area (Å²) in [5, 5.41) is 8.41. The normalized spacial score (nSPS) is 10.9. The number of nitrogen functional groups attached to an aromatic ring is 2. The molecule has 0 bridgehead atoms. The lowest BCUT2D eigenvalue weighted by atomic mass is 10.1. The molecule has 4 N–H and O–H groups in total. The van der Waals surface area contributed by atoms with E-state index in [0.29, 0.717) is 28.5 Å². The summed E-state index contributed by atoms with van der Waals surface area (Å²) in [6, 6.07) is 9.23. The number of benzene rings is 2. The lowest BCUT2D eigenvalue weighted by molar-refractivity contribution is 0.415. The van der Waals surface area contributed by atoms with Crippen LogP contribution in [0.3, 0.4) is 0 Å². The zero-order valence-corrected chi connectivity index (χ0v) is 11.8. The quantitative estimate of drug-likeness (QED) is 0.655. The molecule has 0 amide bonds. The number of hydrogen-bond acceptors (Lipinski definition) is 5. The van der Waals surface area contributed by atoms with Crippen LogP contribution in [0, 0.1) is 13.8 Å². The molecule has 0 aliphatic carbocycles. The smallest absolute Gasteiger partial charge is 0.146 e. The molecule has 0 aromatic heterocycles. The first kappa shape index (κ1) is 13.9. The summed E-state index contributed by atoms with van der Waals surface area (Å²) in [4.78, 5) is 0. The lowest BCUT2D eigenvalue weighted by Crippen LogP contribution is -1.93. The molecule has 0 saturated heterocycles. The van der Waals surface area contributed by atoms with E-state index in [4.69, 9.17) is 16.2 Å². The fourth-order valence-corrected chi connectivity index (χ4v) is 1.80. The zero-order valence-electron chi connectivity index (χ0n) is 11.8. The number of nitrogens with zero attached hydrogens (tertiary/aromatic N) is 2. The predicted octanol–water partition coefficient (Wildman–Crippen LogP) is 3.89. The molecule has 2 rings (SSSR count). The fraction of sp³-hybridized carbons (Fsp3) is 0.200. The van der Waals surface area contributed by atoms with Crippen molar-refractivity contribution in [3.05, 3.63) is 41.5 Å². The number of nitrogens with two attached hydrogens (primary N) is 2. The largest absolute Gasteiger partial charge is 0.494 e. The molecule has 0 fully saturated rings. The van der Waals surface area contributed by atoms with Gasteiger partial charge in [0.25, 0.3) is 0 Å². The Balaban J connectivity index is 2.39. The molecule has 2 aromatic rings. The van der Waals surface area contributed by atoms with Gasteiger partial charge < -0.3 is 16.2 Å². The first-order chi connectivity index (χ1) is 9.51. The maximum Gasteiger partial charge on any atom is 0.146 e. The number of ether oxygens (including phenoxy) is 1. The van der Waals surface area contributed by atoms with Crippen molar-refractivity contribution >= 4 is 22.7 Å². The van der Waals surface area contributed by atoms with Crippen molar-refractivity contribution < 1.29 is 4.74 Å². The molecule has 0 atom stereocenters. The maximum absolute atomic E-state index is 5.89.